The molecule has 0 bridgehead atoms. The summed E-state index contributed by atoms with van der Waals surface area (Å²) in [4.78, 5) is 30.8. The minimum Gasteiger partial charge on any atom is -0.333 e. The lowest BCUT2D eigenvalue weighted by Gasteiger charge is -2.17. The van der Waals surface area contributed by atoms with E-state index in [-0.39, 0.29) is 18.0 Å². The lowest BCUT2D eigenvalue weighted by Crippen LogP contribution is -2.39. The average molecular weight is 380 g/mol. The Bertz CT molecular complexity index is 1010. The van der Waals surface area contributed by atoms with Crippen molar-refractivity contribution in [3.63, 3.8) is 0 Å². The zero-order valence-corrected chi connectivity index (χ0v) is 16.0. The SMILES string of the molecule is Cc1ccc(N2C[C@H](NC(=O)Nc3nc4ccc(C)cc4s3)CC2=O)cc1. The molecule has 1 aromatic heterocycles. The number of anilines is 2. The van der Waals surface area contributed by atoms with E-state index in [2.05, 4.69) is 15.6 Å². The summed E-state index contributed by atoms with van der Waals surface area (Å²) in [7, 11) is 0. The Kier molecular flexibility index (Phi) is 4.53. The molecule has 0 spiro atoms. The summed E-state index contributed by atoms with van der Waals surface area (Å²) < 4.78 is 1.03. The summed E-state index contributed by atoms with van der Waals surface area (Å²) in [6, 6.07) is 13.2. The number of urea groups is 1. The molecule has 3 amide bonds. The maximum atomic E-state index is 12.3. The predicted molar refractivity (Wildman–Crippen MR) is 108 cm³/mol. The summed E-state index contributed by atoms with van der Waals surface area (Å²) in [5.74, 6) is 0.0135. The lowest BCUT2D eigenvalue weighted by molar-refractivity contribution is -0.117. The van der Waals surface area contributed by atoms with E-state index in [0.29, 0.717) is 18.1 Å². The number of thiazole rings is 1. The first-order valence-electron chi connectivity index (χ1n) is 8.80. The van der Waals surface area contributed by atoms with Gasteiger partial charge in [0.15, 0.2) is 5.13 Å². The number of aromatic nitrogens is 1. The number of carbonyl (C=O) groups is 2. The quantitative estimate of drug-likeness (QED) is 0.725. The van der Waals surface area contributed by atoms with Crippen LogP contribution in [0.25, 0.3) is 10.2 Å². The first-order valence-corrected chi connectivity index (χ1v) is 9.61. The van der Waals surface area contributed by atoms with Crippen molar-refractivity contribution >= 4 is 44.3 Å². The van der Waals surface area contributed by atoms with Crippen molar-refractivity contribution < 1.29 is 9.59 Å². The summed E-state index contributed by atoms with van der Waals surface area (Å²) >= 11 is 1.44. The first kappa shape index (κ1) is 17.5. The molecule has 1 aliphatic heterocycles. The second-order valence-electron chi connectivity index (χ2n) is 6.83. The number of nitrogens with one attached hydrogen (secondary N) is 2. The smallest absolute Gasteiger partial charge is 0.321 e. The summed E-state index contributed by atoms with van der Waals surface area (Å²) in [6.45, 7) is 4.50. The van der Waals surface area contributed by atoms with E-state index in [1.165, 1.54) is 11.3 Å². The summed E-state index contributed by atoms with van der Waals surface area (Å²) in [5, 5.41) is 6.21. The molecule has 4 rings (SSSR count). The molecule has 0 aliphatic carbocycles. The molecule has 138 valence electrons. The van der Waals surface area contributed by atoms with Crippen LogP contribution in [0.2, 0.25) is 0 Å². The van der Waals surface area contributed by atoms with Crippen molar-refractivity contribution in [3.05, 3.63) is 53.6 Å². The fourth-order valence-corrected chi connectivity index (χ4v) is 4.14. The van der Waals surface area contributed by atoms with Crippen molar-refractivity contribution in [3.8, 4) is 0 Å². The van der Waals surface area contributed by atoms with Crippen molar-refractivity contribution in [2.24, 2.45) is 0 Å². The number of rotatable bonds is 3. The Morgan fingerprint density at radius 3 is 2.67 bits per heavy atom. The van der Waals surface area contributed by atoms with E-state index in [9.17, 15) is 9.59 Å². The molecule has 7 heteroatoms. The van der Waals surface area contributed by atoms with Gasteiger partial charge in [0.2, 0.25) is 5.91 Å². The minimum absolute atomic E-state index is 0.0135. The minimum atomic E-state index is -0.339. The van der Waals surface area contributed by atoms with Gasteiger partial charge in [-0.25, -0.2) is 9.78 Å². The van der Waals surface area contributed by atoms with Gasteiger partial charge in [0.25, 0.3) is 0 Å². The number of hydrogen-bond donors (Lipinski definition) is 2. The molecular weight excluding hydrogens is 360 g/mol. The zero-order chi connectivity index (χ0) is 19.0. The zero-order valence-electron chi connectivity index (χ0n) is 15.2. The molecular formula is C20H20N4O2S. The van der Waals surface area contributed by atoms with Gasteiger partial charge >= 0.3 is 6.03 Å². The number of hydrogen-bond acceptors (Lipinski definition) is 4. The van der Waals surface area contributed by atoms with E-state index in [0.717, 1.165) is 27.0 Å². The molecule has 1 atom stereocenters. The average Bonchev–Trinajstić information content (AvgIpc) is 3.17. The molecule has 3 aromatic rings. The van der Waals surface area contributed by atoms with Gasteiger partial charge in [0.05, 0.1) is 16.3 Å². The monoisotopic (exact) mass is 380 g/mol. The van der Waals surface area contributed by atoms with Crippen LogP contribution in [0.1, 0.15) is 17.5 Å². The van der Waals surface area contributed by atoms with Crippen molar-refractivity contribution in [1.82, 2.24) is 10.3 Å². The second kappa shape index (κ2) is 7.00. The lowest BCUT2D eigenvalue weighted by atomic mass is 10.2. The van der Waals surface area contributed by atoms with E-state index in [1.807, 2.05) is 56.3 Å². The van der Waals surface area contributed by atoms with Crippen LogP contribution >= 0.6 is 11.3 Å². The summed E-state index contributed by atoms with van der Waals surface area (Å²) in [5.41, 5.74) is 4.02. The molecule has 6 nitrogen and oxygen atoms in total. The van der Waals surface area contributed by atoms with Gasteiger partial charge in [0, 0.05) is 18.7 Å². The number of carbonyl (C=O) groups excluding carboxylic acids is 2. The van der Waals surface area contributed by atoms with Gasteiger partial charge in [-0.05, 0) is 43.7 Å². The third-order valence-corrected chi connectivity index (χ3v) is 5.50. The maximum Gasteiger partial charge on any atom is 0.321 e. The number of fused-ring (bicyclic) bond motifs is 1. The van der Waals surface area contributed by atoms with E-state index in [4.69, 9.17) is 0 Å². The van der Waals surface area contributed by atoms with Gasteiger partial charge in [-0.15, -0.1) is 0 Å². The van der Waals surface area contributed by atoms with Gasteiger partial charge < -0.3 is 10.2 Å². The Balaban J connectivity index is 1.39. The van der Waals surface area contributed by atoms with E-state index >= 15 is 0 Å². The second-order valence-corrected chi connectivity index (χ2v) is 7.86. The molecule has 0 radical (unpaired) electrons. The first-order chi connectivity index (χ1) is 13.0. The molecule has 1 saturated heterocycles. The number of nitrogens with zero attached hydrogens (tertiary/aromatic N) is 2. The van der Waals surface area contributed by atoms with Gasteiger partial charge in [-0.1, -0.05) is 35.1 Å². The fraction of sp³-hybridized carbons (Fsp3) is 0.250. The topological polar surface area (TPSA) is 74.3 Å². The number of amides is 3. The van der Waals surface area contributed by atoms with Crippen LogP contribution in [0.5, 0.6) is 0 Å². The molecule has 2 heterocycles. The third-order valence-electron chi connectivity index (χ3n) is 4.57. The Hall–Kier alpha value is -2.93. The summed E-state index contributed by atoms with van der Waals surface area (Å²) in [6.07, 6.45) is 0.292. The van der Waals surface area contributed by atoms with Crippen LogP contribution in [0.4, 0.5) is 15.6 Å². The van der Waals surface area contributed by atoms with Crippen LogP contribution in [0, 0.1) is 13.8 Å². The van der Waals surface area contributed by atoms with Gasteiger partial charge in [-0.3, -0.25) is 10.1 Å². The van der Waals surface area contributed by atoms with Crippen LogP contribution in [-0.2, 0) is 4.79 Å². The maximum absolute atomic E-state index is 12.3. The van der Waals surface area contributed by atoms with E-state index < -0.39 is 0 Å². The number of aryl methyl sites for hydroxylation is 2. The van der Waals surface area contributed by atoms with Crippen LogP contribution < -0.4 is 15.5 Å². The van der Waals surface area contributed by atoms with Crippen molar-refractivity contribution in [2.45, 2.75) is 26.3 Å². The highest BCUT2D eigenvalue weighted by Crippen LogP contribution is 2.27. The Labute approximate surface area is 161 Å². The van der Waals surface area contributed by atoms with Crippen molar-refractivity contribution in [2.75, 3.05) is 16.8 Å². The normalized spacial score (nSPS) is 16.7. The Morgan fingerprint density at radius 2 is 1.89 bits per heavy atom. The van der Waals surface area contributed by atoms with Crippen LogP contribution in [0.3, 0.4) is 0 Å². The molecule has 0 saturated carbocycles. The van der Waals surface area contributed by atoms with Crippen LogP contribution in [-0.4, -0.2) is 29.5 Å². The highest BCUT2D eigenvalue weighted by atomic mass is 32.1. The van der Waals surface area contributed by atoms with Gasteiger partial charge in [0.1, 0.15) is 0 Å². The van der Waals surface area contributed by atoms with Crippen molar-refractivity contribution in [1.29, 1.82) is 0 Å². The standard InChI is InChI=1S/C20H20N4O2S/c1-12-3-6-15(7-4-12)24-11-14(10-18(24)25)21-19(26)23-20-22-16-8-5-13(2)9-17(16)27-20/h3-9,14H,10-11H2,1-2H3,(H2,21,22,23,26)/t14-/m1/s1. The largest absolute Gasteiger partial charge is 0.333 e. The molecule has 2 aromatic carbocycles. The molecule has 0 unspecified atom stereocenters. The highest BCUT2D eigenvalue weighted by Gasteiger charge is 2.31. The molecule has 1 aliphatic rings. The molecule has 1 fully saturated rings. The third kappa shape index (κ3) is 3.78. The Morgan fingerprint density at radius 1 is 1.15 bits per heavy atom. The fourth-order valence-electron chi connectivity index (χ4n) is 3.18. The molecule has 2 N–H and O–H groups in total. The van der Waals surface area contributed by atoms with Gasteiger partial charge in [-0.2, -0.15) is 0 Å². The van der Waals surface area contributed by atoms with Crippen LogP contribution in [0.15, 0.2) is 42.5 Å². The molecule has 27 heavy (non-hydrogen) atoms. The highest BCUT2D eigenvalue weighted by molar-refractivity contribution is 7.22. The predicted octanol–water partition coefficient (Wildman–Crippen LogP) is 3.84. The van der Waals surface area contributed by atoms with E-state index in [1.54, 1.807) is 4.90 Å². The number of benzene rings is 2.